The molecule has 6 heteroatoms. The standard InChI is InChI=1S/C14H22ClN3O2/c1-10(2)9-18-14(19)13(15)12(8-17-18)16-7-11-3-5-20-6-4-11/h8,10-11,16H,3-7,9H2,1-2H3. The van der Waals surface area contributed by atoms with Gasteiger partial charge in [-0.25, -0.2) is 4.68 Å². The molecule has 0 saturated carbocycles. The number of ether oxygens (including phenoxy) is 1. The van der Waals surface area contributed by atoms with Crippen molar-refractivity contribution < 1.29 is 4.74 Å². The monoisotopic (exact) mass is 299 g/mol. The van der Waals surface area contributed by atoms with Crippen LogP contribution in [-0.2, 0) is 11.3 Å². The van der Waals surface area contributed by atoms with Gasteiger partial charge in [-0.2, -0.15) is 5.10 Å². The van der Waals surface area contributed by atoms with Crippen molar-refractivity contribution in [2.45, 2.75) is 33.2 Å². The van der Waals surface area contributed by atoms with E-state index in [-0.39, 0.29) is 10.6 Å². The van der Waals surface area contributed by atoms with Gasteiger partial charge < -0.3 is 10.1 Å². The third kappa shape index (κ3) is 3.96. The Bertz CT molecular complexity index is 496. The number of anilines is 1. The molecule has 20 heavy (non-hydrogen) atoms. The van der Waals surface area contributed by atoms with Crippen LogP contribution < -0.4 is 10.9 Å². The zero-order chi connectivity index (χ0) is 14.5. The fraction of sp³-hybridized carbons (Fsp3) is 0.714. The first-order chi connectivity index (χ1) is 9.58. The number of hydrogen-bond acceptors (Lipinski definition) is 4. The summed E-state index contributed by atoms with van der Waals surface area (Å²) in [5.41, 5.74) is 0.403. The Kier molecular flexibility index (Phi) is 5.43. The minimum Gasteiger partial charge on any atom is -0.382 e. The van der Waals surface area contributed by atoms with Crippen LogP contribution in [0.3, 0.4) is 0 Å². The Balaban J connectivity index is 2.01. The van der Waals surface area contributed by atoms with Crippen molar-refractivity contribution >= 4 is 17.3 Å². The van der Waals surface area contributed by atoms with E-state index in [1.54, 1.807) is 6.20 Å². The largest absolute Gasteiger partial charge is 0.382 e. The summed E-state index contributed by atoms with van der Waals surface area (Å²) in [6.07, 6.45) is 3.73. The molecule has 2 rings (SSSR count). The quantitative estimate of drug-likeness (QED) is 0.907. The molecular formula is C14H22ClN3O2. The van der Waals surface area contributed by atoms with Crippen LogP contribution in [0.5, 0.6) is 0 Å². The second-order valence-corrected chi connectivity index (χ2v) is 6.07. The van der Waals surface area contributed by atoms with Crippen LogP contribution >= 0.6 is 11.6 Å². The molecule has 0 spiro atoms. The van der Waals surface area contributed by atoms with Crippen molar-refractivity contribution in [2.24, 2.45) is 11.8 Å². The van der Waals surface area contributed by atoms with Crippen LogP contribution in [0.1, 0.15) is 26.7 Å². The number of nitrogens with zero attached hydrogens (tertiary/aromatic N) is 2. The lowest BCUT2D eigenvalue weighted by Gasteiger charge is -2.22. The Hall–Kier alpha value is -1.07. The van der Waals surface area contributed by atoms with Crippen LogP contribution in [0.4, 0.5) is 5.69 Å². The predicted molar refractivity (Wildman–Crippen MR) is 80.4 cm³/mol. The molecule has 1 saturated heterocycles. The van der Waals surface area contributed by atoms with Gasteiger partial charge in [0, 0.05) is 26.3 Å². The molecule has 0 amide bonds. The van der Waals surface area contributed by atoms with E-state index in [2.05, 4.69) is 10.4 Å². The molecular weight excluding hydrogens is 278 g/mol. The summed E-state index contributed by atoms with van der Waals surface area (Å²) in [6, 6.07) is 0. The molecule has 0 radical (unpaired) electrons. The average Bonchev–Trinajstić information content (AvgIpc) is 2.44. The van der Waals surface area contributed by atoms with Crippen LogP contribution in [0.25, 0.3) is 0 Å². The normalized spacial score (nSPS) is 16.6. The fourth-order valence-corrected chi connectivity index (χ4v) is 2.48. The topological polar surface area (TPSA) is 56.1 Å². The Labute approximate surface area is 124 Å². The number of aromatic nitrogens is 2. The van der Waals surface area contributed by atoms with E-state index in [1.165, 1.54) is 4.68 Å². The van der Waals surface area contributed by atoms with E-state index >= 15 is 0 Å². The Morgan fingerprint density at radius 2 is 2.20 bits per heavy atom. The van der Waals surface area contributed by atoms with Crippen molar-refractivity contribution in [3.63, 3.8) is 0 Å². The number of hydrogen-bond donors (Lipinski definition) is 1. The van der Waals surface area contributed by atoms with Crippen LogP contribution in [0.15, 0.2) is 11.0 Å². The zero-order valence-corrected chi connectivity index (χ0v) is 12.8. The van der Waals surface area contributed by atoms with Crippen LogP contribution in [0, 0.1) is 11.8 Å². The Morgan fingerprint density at radius 3 is 2.85 bits per heavy atom. The maximum absolute atomic E-state index is 12.1. The molecule has 0 unspecified atom stereocenters. The highest BCUT2D eigenvalue weighted by Crippen LogP contribution is 2.19. The third-order valence-electron chi connectivity index (χ3n) is 3.45. The van der Waals surface area contributed by atoms with Gasteiger partial charge >= 0.3 is 0 Å². The predicted octanol–water partition coefficient (Wildman–Crippen LogP) is 2.39. The molecule has 5 nitrogen and oxygen atoms in total. The van der Waals surface area contributed by atoms with Crippen molar-refractivity contribution in [3.8, 4) is 0 Å². The van der Waals surface area contributed by atoms with Gasteiger partial charge in [0.2, 0.25) is 0 Å². The van der Waals surface area contributed by atoms with E-state index in [0.29, 0.717) is 24.1 Å². The first-order valence-electron chi connectivity index (χ1n) is 7.15. The van der Waals surface area contributed by atoms with Gasteiger partial charge in [0.05, 0.1) is 11.9 Å². The summed E-state index contributed by atoms with van der Waals surface area (Å²) in [6.45, 7) is 7.10. The summed E-state index contributed by atoms with van der Waals surface area (Å²) in [5, 5.41) is 7.65. The zero-order valence-electron chi connectivity index (χ0n) is 12.1. The van der Waals surface area contributed by atoms with Gasteiger partial charge in [-0.3, -0.25) is 4.79 Å². The SMILES string of the molecule is CC(C)Cn1ncc(NCC2CCOCC2)c(Cl)c1=O. The maximum atomic E-state index is 12.1. The second-order valence-electron chi connectivity index (χ2n) is 5.69. The minimum absolute atomic E-state index is 0.225. The van der Waals surface area contributed by atoms with E-state index in [4.69, 9.17) is 16.3 Å². The van der Waals surface area contributed by atoms with Crippen molar-refractivity contribution in [1.29, 1.82) is 0 Å². The first kappa shape index (κ1) is 15.3. The van der Waals surface area contributed by atoms with Crippen LogP contribution in [0.2, 0.25) is 5.02 Å². The summed E-state index contributed by atoms with van der Waals surface area (Å²) >= 11 is 6.14. The lowest BCUT2D eigenvalue weighted by Crippen LogP contribution is -2.27. The van der Waals surface area contributed by atoms with Crippen molar-refractivity contribution in [3.05, 3.63) is 21.6 Å². The molecule has 1 aliphatic rings. The third-order valence-corrected chi connectivity index (χ3v) is 3.81. The summed E-state index contributed by atoms with van der Waals surface area (Å²) in [7, 11) is 0. The van der Waals surface area contributed by atoms with Crippen molar-refractivity contribution in [2.75, 3.05) is 25.1 Å². The highest BCUT2D eigenvalue weighted by molar-refractivity contribution is 6.32. The van der Waals surface area contributed by atoms with Gasteiger partial charge in [-0.1, -0.05) is 25.4 Å². The highest BCUT2D eigenvalue weighted by Gasteiger charge is 2.15. The van der Waals surface area contributed by atoms with E-state index < -0.39 is 0 Å². The fourth-order valence-electron chi connectivity index (χ4n) is 2.27. The van der Waals surface area contributed by atoms with E-state index in [0.717, 1.165) is 32.6 Å². The molecule has 0 bridgehead atoms. The number of nitrogens with one attached hydrogen (secondary N) is 1. The summed E-state index contributed by atoms with van der Waals surface area (Å²) < 4.78 is 6.75. The minimum atomic E-state index is -0.225. The molecule has 0 aliphatic carbocycles. The van der Waals surface area contributed by atoms with Crippen molar-refractivity contribution in [1.82, 2.24) is 9.78 Å². The lowest BCUT2D eigenvalue weighted by molar-refractivity contribution is 0.0699. The molecule has 1 aromatic rings. The molecule has 0 aromatic carbocycles. The first-order valence-corrected chi connectivity index (χ1v) is 7.53. The van der Waals surface area contributed by atoms with Gasteiger partial charge in [0.1, 0.15) is 5.02 Å². The van der Waals surface area contributed by atoms with E-state index in [1.807, 2.05) is 13.8 Å². The molecule has 1 N–H and O–H groups in total. The van der Waals surface area contributed by atoms with Gasteiger partial charge in [0.15, 0.2) is 0 Å². The van der Waals surface area contributed by atoms with Gasteiger partial charge in [-0.05, 0) is 24.7 Å². The molecule has 112 valence electrons. The number of rotatable bonds is 5. The molecule has 1 aromatic heterocycles. The molecule has 2 heterocycles. The molecule has 0 atom stereocenters. The summed E-state index contributed by atoms with van der Waals surface area (Å²) in [4.78, 5) is 12.1. The highest BCUT2D eigenvalue weighted by atomic mass is 35.5. The van der Waals surface area contributed by atoms with Crippen LogP contribution in [-0.4, -0.2) is 29.5 Å². The van der Waals surface area contributed by atoms with Gasteiger partial charge in [0.25, 0.3) is 5.56 Å². The average molecular weight is 300 g/mol. The Morgan fingerprint density at radius 1 is 1.50 bits per heavy atom. The number of halogens is 1. The molecule has 1 aliphatic heterocycles. The second kappa shape index (κ2) is 7.09. The maximum Gasteiger partial charge on any atom is 0.287 e. The lowest BCUT2D eigenvalue weighted by atomic mass is 10.0. The summed E-state index contributed by atoms with van der Waals surface area (Å²) in [5.74, 6) is 0.926. The molecule has 1 fully saturated rings. The smallest absolute Gasteiger partial charge is 0.287 e. The van der Waals surface area contributed by atoms with Gasteiger partial charge in [-0.15, -0.1) is 0 Å². The van der Waals surface area contributed by atoms with E-state index in [9.17, 15) is 4.79 Å².